The first-order valence-corrected chi connectivity index (χ1v) is 5.65. The molecule has 2 rings (SSSR count). The maximum absolute atomic E-state index is 5.69. The summed E-state index contributed by atoms with van der Waals surface area (Å²) >= 11 is 0. The highest BCUT2D eigenvalue weighted by Crippen LogP contribution is 2.36. The molecule has 1 aromatic rings. The molecule has 0 amide bonds. The highest BCUT2D eigenvalue weighted by molar-refractivity contribution is 5.40. The Kier molecular flexibility index (Phi) is 3.48. The van der Waals surface area contributed by atoms with E-state index < -0.39 is 0 Å². The molecular formula is C14H17NO. The van der Waals surface area contributed by atoms with Gasteiger partial charge >= 0.3 is 0 Å². The van der Waals surface area contributed by atoms with E-state index in [0.717, 1.165) is 18.8 Å². The zero-order valence-electron chi connectivity index (χ0n) is 9.79. The van der Waals surface area contributed by atoms with Crippen molar-refractivity contribution in [1.29, 1.82) is 0 Å². The fourth-order valence-electron chi connectivity index (χ4n) is 2.18. The number of ether oxygens (including phenoxy) is 1. The van der Waals surface area contributed by atoms with E-state index in [0.29, 0.717) is 12.0 Å². The van der Waals surface area contributed by atoms with E-state index in [-0.39, 0.29) is 0 Å². The lowest BCUT2D eigenvalue weighted by molar-refractivity contribution is 0.304. The predicted octanol–water partition coefficient (Wildman–Crippen LogP) is 2.16. The molecular weight excluding hydrogens is 198 g/mol. The van der Waals surface area contributed by atoms with Crippen molar-refractivity contribution in [1.82, 2.24) is 5.32 Å². The number of para-hydroxylation sites is 1. The summed E-state index contributed by atoms with van der Waals surface area (Å²) < 4.78 is 5.69. The van der Waals surface area contributed by atoms with Crippen molar-refractivity contribution in [2.24, 2.45) is 0 Å². The summed E-state index contributed by atoms with van der Waals surface area (Å²) in [7, 11) is 1.99. The second kappa shape index (κ2) is 5.05. The van der Waals surface area contributed by atoms with Crippen LogP contribution < -0.4 is 10.1 Å². The van der Waals surface area contributed by atoms with Crippen LogP contribution in [0.1, 0.15) is 24.8 Å². The van der Waals surface area contributed by atoms with E-state index >= 15 is 0 Å². The van der Waals surface area contributed by atoms with Crippen molar-refractivity contribution in [3.05, 3.63) is 29.8 Å². The molecule has 0 saturated heterocycles. The van der Waals surface area contributed by atoms with Crippen LogP contribution in [0.25, 0.3) is 0 Å². The number of likely N-dealkylation sites (N-methyl/N-ethyl adjacent to an activating group) is 1. The van der Waals surface area contributed by atoms with Gasteiger partial charge in [0.2, 0.25) is 0 Å². The fourth-order valence-corrected chi connectivity index (χ4v) is 2.18. The first-order chi connectivity index (χ1) is 7.86. The van der Waals surface area contributed by atoms with E-state index in [1.807, 2.05) is 26.1 Å². The third-order valence-electron chi connectivity index (χ3n) is 3.09. The van der Waals surface area contributed by atoms with Gasteiger partial charge in [0.1, 0.15) is 5.75 Å². The van der Waals surface area contributed by atoms with E-state index in [9.17, 15) is 0 Å². The minimum absolute atomic E-state index is 0.371. The van der Waals surface area contributed by atoms with Gasteiger partial charge in [-0.15, -0.1) is 11.8 Å². The minimum atomic E-state index is 0.371. The number of hydrogen-bond donors (Lipinski definition) is 1. The van der Waals surface area contributed by atoms with Gasteiger partial charge in [-0.25, -0.2) is 0 Å². The molecule has 0 radical (unpaired) electrons. The molecule has 2 atom stereocenters. The van der Waals surface area contributed by atoms with E-state index in [1.54, 1.807) is 0 Å². The van der Waals surface area contributed by atoms with Crippen molar-refractivity contribution in [3.63, 3.8) is 0 Å². The van der Waals surface area contributed by atoms with E-state index in [4.69, 9.17) is 4.74 Å². The normalized spacial score (nSPS) is 19.2. The zero-order chi connectivity index (χ0) is 11.4. The van der Waals surface area contributed by atoms with Crippen molar-refractivity contribution in [3.8, 4) is 17.6 Å². The van der Waals surface area contributed by atoms with Gasteiger partial charge in [0, 0.05) is 23.9 Å². The lowest BCUT2D eigenvalue weighted by Crippen LogP contribution is -2.32. The van der Waals surface area contributed by atoms with Crippen molar-refractivity contribution < 1.29 is 4.74 Å². The highest BCUT2D eigenvalue weighted by atomic mass is 16.5. The molecule has 0 aromatic heterocycles. The third kappa shape index (κ3) is 2.05. The molecule has 0 aliphatic carbocycles. The smallest absolute Gasteiger partial charge is 0.122 e. The Morgan fingerprint density at radius 1 is 1.50 bits per heavy atom. The number of fused-ring (bicyclic) bond motifs is 1. The average molecular weight is 215 g/mol. The molecule has 1 N–H and O–H groups in total. The van der Waals surface area contributed by atoms with Gasteiger partial charge < -0.3 is 10.1 Å². The van der Waals surface area contributed by atoms with Gasteiger partial charge in [-0.2, -0.15) is 0 Å². The molecule has 2 nitrogen and oxygen atoms in total. The molecule has 0 saturated carbocycles. The van der Waals surface area contributed by atoms with Crippen molar-refractivity contribution >= 4 is 0 Å². The Morgan fingerprint density at radius 2 is 2.31 bits per heavy atom. The quantitative estimate of drug-likeness (QED) is 0.780. The topological polar surface area (TPSA) is 21.3 Å². The van der Waals surface area contributed by atoms with Gasteiger partial charge in [-0.05, 0) is 20.0 Å². The molecule has 16 heavy (non-hydrogen) atoms. The van der Waals surface area contributed by atoms with Crippen LogP contribution >= 0.6 is 0 Å². The first-order valence-electron chi connectivity index (χ1n) is 5.65. The molecule has 0 fully saturated rings. The van der Waals surface area contributed by atoms with Gasteiger partial charge in [-0.3, -0.25) is 0 Å². The Balaban J connectivity index is 2.18. The molecule has 84 valence electrons. The van der Waals surface area contributed by atoms with Crippen LogP contribution in [0.4, 0.5) is 0 Å². The Bertz CT molecular complexity index is 416. The summed E-state index contributed by atoms with van der Waals surface area (Å²) in [5.74, 6) is 7.53. The van der Waals surface area contributed by atoms with Gasteiger partial charge in [0.05, 0.1) is 6.61 Å². The standard InChI is InChI=1S/C14H17NO/c1-3-4-8-13(15-2)12-10-16-14-9-6-5-7-11(12)14/h5-7,9,12-13,15H,8,10H2,1-2H3. The first kappa shape index (κ1) is 11.0. The maximum atomic E-state index is 5.69. The largest absolute Gasteiger partial charge is 0.493 e. The Morgan fingerprint density at radius 3 is 3.06 bits per heavy atom. The van der Waals surface area contributed by atoms with Gasteiger partial charge in [0.15, 0.2) is 0 Å². The summed E-state index contributed by atoms with van der Waals surface area (Å²) in [6, 6.07) is 8.64. The summed E-state index contributed by atoms with van der Waals surface area (Å²) in [6.45, 7) is 2.64. The summed E-state index contributed by atoms with van der Waals surface area (Å²) in [5, 5.41) is 3.34. The molecule has 0 bridgehead atoms. The van der Waals surface area contributed by atoms with Crippen LogP contribution in [-0.4, -0.2) is 19.7 Å². The van der Waals surface area contributed by atoms with Crippen molar-refractivity contribution in [2.75, 3.05) is 13.7 Å². The molecule has 1 aromatic carbocycles. The molecule has 2 heteroatoms. The number of nitrogens with one attached hydrogen (secondary N) is 1. The SMILES string of the molecule is CC#CCC(NC)C1COc2ccccc21. The van der Waals surface area contributed by atoms with Crippen LogP contribution in [0, 0.1) is 11.8 Å². The van der Waals surface area contributed by atoms with Crippen LogP contribution in [-0.2, 0) is 0 Å². The molecule has 1 aliphatic heterocycles. The lowest BCUT2D eigenvalue weighted by Gasteiger charge is -2.19. The average Bonchev–Trinajstić information content (AvgIpc) is 2.75. The van der Waals surface area contributed by atoms with Crippen LogP contribution in [0.2, 0.25) is 0 Å². The van der Waals surface area contributed by atoms with Crippen LogP contribution in [0.5, 0.6) is 5.75 Å². The second-order valence-electron chi connectivity index (χ2n) is 3.98. The highest BCUT2D eigenvalue weighted by Gasteiger charge is 2.29. The summed E-state index contributed by atoms with van der Waals surface area (Å²) in [6.07, 6.45) is 0.870. The van der Waals surface area contributed by atoms with Gasteiger partial charge in [-0.1, -0.05) is 18.2 Å². The molecule has 1 heterocycles. The Labute approximate surface area is 97.0 Å². The molecule has 0 spiro atoms. The lowest BCUT2D eigenvalue weighted by atomic mass is 9.91. The number of benzene rings is 1. The summed E-state index contributed by atoms with van der Waals surface area (Å²) in [5.41, 5.74) is 1.31. The molecule has 1 aliphatic rings. The summed E-state index contributed by atoms with van der Waals surface area (Å²) in [4.78, 5) is 0. The van der Waals surface area contributed by atoms with Crippen LogP contribution in [0.15, 0.2) is 24.3 Å². The van der Waals surface area contributed by atoms with Gasteiger partial charge in [0.25, 0.3) is 0 Å². The predicted molar refractivity (Wildman–Crippen MR) is 65.6 cm³/mol. The molecule has 2 unspecified atom stereocenters. The minimum Gasteiger partial charge on any atom is -0.493 e. The fraction of sp³-hybridized carbons (Fsp3) is 0.429. The third-order valence-corrected chi connectivity index (χ3v) is 3.09. The van der Waals surface area contributed by atoms with Crippen LogP contribution in [0.3, 0.4) is 0 Å². The van der Waals surface area contributed by atoms with E-state index in [1.165, 1.54) is 5.56 Å². The monoisotopic (exact) mass is 215 g/mol. The maximum Gasteiger partial charge on any atom is 0.122 e. The second-order valence-corrected chi connectivity index (χ2v) is 3.98. The van der Waals surface area contributed by atoms with Crippen molar-refractivity contribution in [2.45, 2.75) is 25.3 Å². The van der Waals surface area contributed by atoms with E-state index in [2.05, 4.69) is 29.3 Å². The zero-order valence-corrected chi connectivity index (χ0v) is 9.79. The number of rotatable bonds is 3. The Hall–Kier alpha value is -1.46. The number of hydrogen-bond acceptors (Lipinski definition) is 2.